The van der Waals surface area contributed by atoms with Gasteiger partial charge in [0.25, 0.3) is 0 Å². The van der Waals surface area contributed by atoms with Gasteiger partial charge in [-0.25, -0.2) is 4.79 Å². The van der Waals surface area contributed by atoms with Crippen molar-refractivity contribution in [2.45, 2.75) is 44.8 Å². The summed E-state index contributed by atoms with van der Waals surface area (Å²) in [7, 11) is 0. The maximum absolute atomic E-state index is 10.9. The first kappa shape index (κ1) is 20.4. The summed E-state index contributed by atoms with van der Waals surface area (Å²) in [6, 6.07) is 9.00. The molecule has 136 valence electrons. The molecule has 1 rings (SSSR count). The molecule has 0 radical (unpaired) electrons. The van der Waals surface area contributed by atoms with Crippen LogP contribution in [0.4, 0.5) is 4.79 Å². The van der Waals surface area contributed by atoms with Gasteiger partial charge < -0.3 is 25.6 Å². The van der Waals surface area contributed by atoms with Crippen molar-refractivity contribution in [2.24, 2.45) is 0 Å². The van der Waals surface area contributed by atoms with Crippen LogP contribution in [0.1, 0.15) is 31.7 Å². The SMILES string of the molecule is CCCCOCCCNC[C@H](O)[C@H](Cc1ccccc1)NC(=O)O. The van der Waals surface area contributed by atoms with Crippen molar-refractivity contribution in [3.63, 3.8) is 0 Å². The summed E-state index contributed by atoms with van der Waals surface area (Å²) in [6.45, 7) is 4.69. The molecule has 0 bridgehead atoms. The van der Waals surface area contributed by atoms with Gasteiger partial charge in [0.05, 0.1) is 12.1 Å². The lowest BCUT2D eigenvalue weighted by Crippen LogP contribution is -2.48. The number of nitrogens with one attached hydrogen (secondary N) is 2. The lowest BCUT2D eigenvalue weighted by Gasteiger charge is -2.23. The molecule has 6 heteroatoms. The molecule has 0 saturated carbocycles. The number of amides is 1. The minimum absolute atomic E-state index is 0.340. The van der Waals surface area contributed by atoms with E-state index >= 15 is 0 Å². The first-order valence-corrected chi connectivity index (χ1v) is 8.63. The molecule has 2 atom stereocenters. The van der Waals surface area contributed by atoms with Gasteiger partial charge in [0, 0.05) is 19.8 Å². The average molecular weight is 338 g/mol. The normalized spacial score (nSPS) is 13.4. The maximum Gasteiger partial charge on any atom is 0.404 e. The first-order chi connectivity index (χ1) is 11.6. The topological polar surface area (TPSA) is 90.8 Å². The number of carboxylic acid groups (broad SMARTS) is 1. The Kier molecular flexibility index (Phi) is 10.8. The molecule has 0 aliphatic heterocycles. The van der Waals surface area contributed by atoms with Gasteiger partial charge in [-0.3, -0.25) is 0 Å². The molecular formula is C18H30N2O4. The van der Waals surface area contributed by atoms with E-state index < -0.39 is 18.2 Å². The number of benzene rings is 1. The molecule has 0 aromatic heterocycles. The van der Waals surface area contributed by atoms with Crippen LogP contribution < -0.4 is 10.6 Å². The average Bonchev–Trinajstić information content (AvgIpc) is 2.57. The molecule has 24 heavy (non-hydrogen) atoms. The number of carbonyl (C=O) groups is 1. The highest BCUT2D eigenvalue weighted by Crippen LogP contribution is 2.06. The van der Waals surface area contributed by atoms with Crippen LogP contribution in [0.2, 0.25) is 0 Å². The van der Waals surface area contributed by atoms with Crippen LogP contribution in [-0.4, -0.2) is 54.8 Å². The van der Waals surface area contributed by atoms with Gasteiger partial charge >= 0.3 is 6.09 Å². The molecule has 0 spiro atoms. The molecule has 4 N–H and O–H groups in total. The van der Waals surface area contributed by atoms with E-state index in [0.29, 0.717) is 19.6 Å². The zero-order valence-electron chi connectivity index (χ0n) is 14.4. The predicted molar refractivity (Wildman–Crippen MR) is 94.3 cm³/mol. The van der Waals surface area contributed by atoms with E-state index in [2.05, 4.69) is 17.6 Å². The van der Waals surface area contributed by atoms with Gasteiger partial charge in [0.15, 0.2) is 0 Å². The van der Waals surface area contributed by atoms with Crippen molar-refractivity contribution in [3.05, 3.63) is 35.9 Å². The third kappa shape index (κ3) is 9.50. The monoisotopic (exact) mass is 338 g/mol. The molecule has 1 amide bonds. The van der Waals surface area contributed by atoms with Gasteiger partial charge in [-0.1, -0.05) is 43.7 Å². The van der Waals surface area contributed by atoms with Gasteiger partial charge in [-0.15, -0.1) is 0 Å². The molecule has 6 nitrogen and oxygen atoms in total. The molecule has 0 fully saturated rings. The highest BCUT2D eigenvalue weighted by atomic mass is 16.5. The molecular weight excluding hydrogens is 308 g/mol. The smallest absolute Gasteiger partial charge is 0.404 e. The first-order valence-electron chi connectivity index (χ1n) is 8.63. The summed E-state index contributed by atoms with van der Waals surface area (Å²) < 4.78 is 5.47. The van der Waals surface area contributed by atoms with E-state index in [4.69, 9.17) is 9.84 Å². The van der Waals surface area contributed by atoms with Crippen LogP contribution in [-0.2, 0) is 11.2 Å². The Labute approximate surface area is 144 Å². The summed E-state index contributed by atoms with van der Waals surface area (Å²) in [5, 5.41) is 24.8. The van der Waals surface area contributed by atoms with Crippen LogP contribution >= 0.6 is 0 Å². The van der Waals surface area contributed by atoms with Crippen molar-refractivity contribution in [1.82, 2.24) is 10.6 Å². The zero-order chi connectivity index (χ0) is 17.6. The second-order valence-corrected chi connectivity index (χ2v) is 5.84. The molecule has 0 aliphatic rings. The second kappa shape index (κ2) is 12.8. The van der Waals surface area contributed by atoms with E-state index in [1.807, 2.05) is 30.3 Å². The van der Waals surface area contributed by atoms with Gasteiger partial charge in [-0.2, -0.15) is 0 Å². The lowest BCUT2D eigenvalue weighted by molar-refractivity contribution is 0.112. The Bertz CT molecular complexity index is 442. The Hall–Kier alpha value is -1.63. The number of rotatable bonds is 13. The summed E-state index contributed by atoms with van der Waals surface area (Å²) in [6.07, 6.45) is 1.61. The van der Waals surface area contributed by atoms with Crippen molar-refractivity contribution < 1.29 is 19.7 Å². The summed E-state index contributed by atoms with van der Waals surface area (Å²) in [5.41, 5.74) is 0.986. The van der Waals surface area contributed by atoms with Gasteiger partial charge in [0.1, 0.15) is 0 Å². The zero-order valence-corrected chi connectivity index (χ0v) is 14.4. The maximum atomic E-state index is 10.9. The minimum Gasteiger partial charge on any atom is -0.465 e. The predicted octanol–water partition coefficient (Wildman–Crippen LogP) is 2.02. The van der Waals surface area contributed by atoms with Gasteiger partial charge in [-0.05, 0) is 31.4 Å². The Balaban J connectivity index is 2.28. The second-order valence-electron chi connectivity index (χ2n) is 5.84. The Morgan fingerprint density at radius 2 is 1.92 bits per heavy atom. The number of aliphatic hydroxyl groups excluding tert-OH is 1. The van der Waals surface area contributed by atoms with E-state index in [1.54, 1.807) is 0 Å². The quantitative estimate of drug-likeness (QED) is 0.413. The van der Waals surface area contributed by atoms with E-state index in [0.717, 1.165) is 38.0 Å². The summed E-state index contributed by atoms with van der Waals surface area (Å²) in [4.78, 5) is 10.9. The van der Waals surface area contributed by atoms with Crippen molar-refractivity contribution >= 4 is 6.09 Å². The molecule has 0 saturated heterocycles. The fraction of sp³-hybridized carbons (Fsp3) is 0.611. The molecule has 0 heterocycles. The van der Waals surface area contributed by atoms with Crippen molar-refractivity contribution in [1.29, 1.82) is 0 Å². The third-order valence-electron chi connectivity index (χ3n) is 3.71. The minimum atomic E-state index is -1.13. The fourth-order valence-electron chi connectivity index (χ4n) is 2.35. The fourth-order valence-corrected chi connectivity index (χ4v) is 2.35. The number of hydrogen-bond donors (Lipinski definition) is 4. The molecule has 0 unspecified atom stereocenters. The van der Waals surface area contributed by atoms with E-state index in [1.165, 1.54) is 0 Å². The van der Waals surface area contributed by atoms with Crippen LogP contribution in [0.25, 0.3) is 0 Å². The van der Waals surface area contributed by atoms with Crippen LogP contribution in [0.15, 0.2) is 30.3 Å². The third-order valence-corrected chi connectivity index (χ3v) is 3.71. The molecule has 1 aromatic rings. The number of ether oxygens (including phenoxy) is 1. The van der Waals surface area contributed by atoms with Crippen molar-refractivity contribution in [2.75, 3.05) is 26.3 Å². The molecule has 1 aromatic carbocycles. The number of aliphatic hydroxyl groups is 1. The standard InChI is InChI=1S/C18H30N2O4/c1-2-3-11-24-12-7-10-19-14-17(21)16(20-18(22)23)13-15-8-5-4-6-9-15/h4-6,8-9,16-17,19-21H,2-3,7,10-14H2,1H3,(H,22,23)/t16-,17-/m0/s1. The summed E-state index contributed by atoms with van der Waals surface area (Å²) >= 11 is 0. The van der Waals surface area contributed by atoms with Crippen LogP contribution in [0.3, 0.4) is 0 Å². The Morgan fingerprint density at radius 3 is 2.58 bits per heavy atom. The highest BCUT2D eigenvalue weighted by Gasteiger charge is 2.21. The molecule has 0 aliphatic carbocycles. The van der Waals surface area contributed by atoms with Crippen molar-refractivity contribution in [3.8, 4) is 0 Å². The van der Waals surface area contributed by atoms with Crippen LogP contribution in [0.5, 0.6) is 0 Å². The number of hydrogen-bond acceptors (Lipinski definition) is 4. The van der Waals surface area contributed by atoms with E-state index in [-0.39, 0.29) is 0 Å². The number of unbranched alkanes of at least 4 members (excludes halogenated alkanes) is 1. The highest BCUT2D eigenvalue weighted by molar-refractivity contribution is 5.65. The Morgan fingerprint density at radius 1 is 1.21 bits per heavy atom. The van der Waals surface area contributed by atoms with Crippen LogP contribution in [0, 0.1) is 0 Å². The largest absolute Gasteiger partial charge is 0.465 e. The summed E-state index contributed by atoms with van der Waals surface area (Å²) in [5.74, 6) is 0. The van der Waals surface area contributed by atoms with E-state index in [9.17, 15) is 9.90 Å². The van der Waals surface area contributed by atoms with Gasteiger partial charge in [0.2, 0.25) is 0 Å². The lowest BCUT2D eigenvalue weighted by atomic mass is 10.0.